The van der Waals surface area contributed by atoms with Gasteiger partial charge in [-0.25, -0.2) is 17.2 Å². The van der Waals surface area contributed by atoms with Crippen molar-refractivity contribution in [2.24, 2.45) is 10.4 Å². The Morgan fingerprint density at radius 3 is 2.50 bits per heavy atom. The first-order valence-electron chi connectivity index (χ1n) is 9.05. The molecule has 2 aliphatic rings. The standard InChI is InChI=1S/C18H26F2N4O2S.HI/c1-21-17(22-11-18(7-8-18)12-27(2,25)26)23-13-6-9-24(10-13)16-14(19)4-3-5-15(16)20;/h3-5,13H,6-12H2,1-2H3,(H2,21,22,23);1H. The Bertz CT molecular complexity index is 811. The largest absolute Gasteiger partial charge is 0.365 e. The molecule has 0 aromatic heterocycles. The van der Waals surface area contributed by atoms with Gasteiger partial charge in [0.2, 0.25) is 0 Å². The van der Waals surface area contributed by atoms with Crippen molar-refractivity contribution in [3.63, 3.8) is 0 Å². The summed E-state index contributed by atoms with van der Waals surface area (Å²) in [4.78, 5) is 5.89. The third-order valence-electron chi connectivity index (χ3n) is 5.16. The average Bonchev–Trinajstić information content (AvgIpc) is 3.17. The van der Waals surface area contributed by atoms with Crippen LogP contribution in [-0.4, -0.2) is 59.1 Å². The van der Waals surface area contributed by atoms with Gasteiger partial charge in [0.25, 0.3) is 0 Å². The second-order valence-electron chi connectivity index (χ2n) is 7.64. The number of rotatable bonds is 6. The fraction of sp³-hybridized carbons (Fsp3) is 0.611. The molecule has 28 heavy (non-hydrogen) atoms. The van der Waals surface area contributed by atoms with E-state index in [4.69, 9.17) is 0 Å². The molecule has 0 radical (unpaired) electrons. The predicted octanol–water partition coefficient (Wildman–Crippen LogP) is 2.15. The molecule has 2 fully saturated rings. The van der Waals surface area contributed by atoms with Crippen molar-refractivity contribution in [1.29, 1.82) is 0 Å². The normalized spacial score (nSPS) is 21.2. The van der Waals surface area contributed by atoms with E-state index in [1.807, 2.05) is 0 Å². The Morgan fingerprint density at radius 2 is 1.96 bits per heavy atom. The summed E-state index contributed by atoms with van der Waals surface area (Å²) in [6, 6.07) is 3.88. The fourth-order valence-electron chi connectivity index (χ4n) is 3.64. The van der Waals surface area contributed by atoms with Crippen LogP contribution in [0.25, 0.3) is 0 Å². The Kier molecular flexibility index (Phi) is 7.51. The van der Waals surface area contributed by atoms with Gasteiger partial charge >= 0.3 is 0 Å². The number of aliphatic imine (C=N–C) groups is 1. The maximum Gasteiger partial charge on any atom is 0.191 e. The number of halogens is 3. The lowest BCUT2D eigenvalue weighted by Crippen LogP contribution is -2.46. The minimum absolute atomic E-state index is 0. The molecule has 0 bridgehead atoms. The summed E-state index contributed by atoms with van der Waals surface area (Å²) in [5.41, 5.74) is -0.196. The van der Waals surface area contributed by atoms with Crippen LogP contribution in [0, 0.1) is 17.0 Å². The third kappa shape index (κ3) is 5.91. The Hall–Kier alpha value is -1.17. The fourth-order valence-corrected chi connectivity index (χ4v) is 5.14. The number of sulfone groups is 1. The Labute approximate surface area is 182 Å². The lowest BCUT2D eigenvalue weighted by Gasteiger charge is -2.22. The van der Waals surface area contributed by atoms with E-state index in [-0.39, 0.29) is 46.9 Å². The van der Waals surface area contributed by atoms with E-state index in [2.05, 4.69) is 15.6 Å². The van der Waals surface area contributed by atoms with Crippen LogP contribution in [0.1, 0.15) is 19.3 Å². The summed E-state index contributed by atoms with van der Waals surface area (Å²) >= 11 is 0. The van der Waals surface area contributed by atoms with Gasteiger partial charge in [0, 0.05) is 44.4 Å². The van der Waals surface area contributed by atoms with Crippen LogP contribution in [0.15, 0.2) is 23.2 Å². The maximum atomic E-state index is 14.0. The predicted molar refractivity (Wildman–Crippen MR) is 118 cm³/mol. The molecule has 0 amide bonds. The number of nitrogens with one attached hydrogen (secondary N) is 2. The van der Waals surface area contributed by atoms with Gasteiger partial charge < -0.3 is 15.5 Å². The van der Waals surface area contributed by atoms with Gasteiger partial charge in [-0.05, 0) is 31.4 Å². The van der Waals surface area contributed by atoms with E-state index >= 15 is 0 Å². The smallest absolute Gasteiger partial charge is 0.191 e. The van der Waals surface area contributed by atoms with Gasteiger partial charge in [-0.1, -0.05) is 6.07 Å². The molecule has 2 N–H and O–H groups in total. The molecule has 0 spiro atoms. The molecule has 1 saturated heterocycles. The summed E-state index contributed by atoms with van der Waals surface area (Å²) in [5, 5.41) is 6.48. The molecule has 158 valence electrons. The molecule has 3 rings (SSSR count). The van der Waals surface area contributed by atoms with Crippen LogP contribution >= 0.6 is 24.0 Å². The zero-order valence-electron chi connectivity index (χ0n) is 16.0. The van der Waals surface area contributed by atoms with Crippen LogP contribution in [0.3, 0.4) is 0 Å². The first kappa shape index (κ1) is 23.1. The zero-order valence-corrected chi connectivity index (χ0v) is 19.2. The summed E-state index contributed by atoms with van der Waals surface area (Å²) in [6.07, 6.45) is 3.75. The highest BCUT2D eigenvalue weighted by Crippen LogP contribution is 2.46. The molecule has 1 aromatic rings. The highest BCUT2D eigenvalue weighted by molar-refractivity contribution is 14.0. The third-order valence-corrected chi connectivity index (χ3v) is 6.30. The number of guanidine groups is 1. The number of benzene rings is 1. The van der Waals surface area contributed by atoms with Crippen LogP contribution in [0.2, 0.25) is 0 Å². The molecule has 1 aliphatic carbocycles. The quantitative estimate of drug-likeness (QED) is 0.337. The topological polar surface area (TPSA) is 73.8 Å². The number of hydrogen-bond acceptors (Lipinski definition) is 4. The summed E-state index contributed by atoms with van der Waals surface area (Å²) < 4.78 is 51.1. The van der Waals surface area contributed by atoms with Gasteiger partial charge in [-0.3, -0.25) is 4.99 Å². The first-order chi connectivity index (χ1) is 12.7. The summed E-state index contributed by atoms with van der Waals surface area (Å²) in [6.45, 7) is 1.55. The van der Waals surface area contributed by atoms with E-state index in [1.54, 1.807) is 11.9 Å². The lowest BCUT2D eigenvalue weighted by molar-refractivity contribution is 0.525. The van der Waals surface area contributed by atoms with Crippen molar-refractivity contribution in [3.05, 3.63) is 29.8 Å². The van der Waals surface area contributed by atoms with Gasteiger partial charge in [-0.2, -0.15) is 0 Å². The lowest BCUT2D eigenvalue weighted by atomic mass is 10.1. The molecule has 10 heteroatoms. The highest BCUT2D eigenvalue weighted by Gasteiger charge is 2.45. The van der Waals surface area contributed by atoms with Crippen LogP contribution in [0.4, 0.5) is 14.5 Å². The van der Waals surface area contributed by atoms with E-state index in [0.29, 0.717) is 25.6 Å². The van der Waals surface area contributed by atoms with Gasteiger partial charge in [0.1, 0.15) is 27.2 Å². The molecule has 1 aromatic carbocycles. The van der Waals surface area contributed by atoms with E-state index in [0.717, 1.165) is 19.3 Å². The second-order valence-corrected chi connectivity index (χ2v) is 9.78. The van der Waals surface area contributed by atoms with Gasteiger partial charge in [-0.15, -0.1) is 24.0 Å². The van der Waals surface area contributed by atoms with E-state index < -0.39 is 21.5 Å². The number of hydrogen-bond donors (Lipinski definition) is 2. The van der Waals surface area contributed by atoms with Gasteiger partial charge in [0.15, 0.2) is 5.96 Å². The molecule has 6 nitrogen and oxygen atoms in total. The van der Waals surface area contributed by atoms with Crippen molar-refractivity contribution in [3.8, 4) is 0 Å². The number of para-hydroxylation sites is 1. The minimum atomic E-state index is -3.02. The minimum Gasteiger partial charge on any atom is -0.365 e. The Balaban J connectivity index is 0.00000280. The molecule has 1 aliphatic heterocycles. The molecule has 1 heterocycles. The molecule has 1 atom stereocenters. The maximum absolute atomic E-state index is 14.0. The van der Waals surface area contributed by atoms with Crippen molar-refractivity contribution >= 4 is 45.5 Å². The summed E-state index contributed by atoms with van der Waals surface area (Å²) in [7, 11) is -1.37. The first-order valence-corrected chi connectivity index (χ1v) is 11.1. The van der Waals surface area contributed by atoms with Crippen LogP contribution in [-0.2, 0) is 9.84 Å². The monoisotopic (exact) mass is 528 g/mol. The molecule has 1 unspecified atom stereocenters. The molecular formula is C18H27F2IN4O2S. The SMILES string of the molecule is CN=C(NCC1(CS(C)(=O)=O)CC1)NC1CCN(c2c(F)cccc2F)C1.I. The zero-order chi connectivity index (χ0) is 19.7. The number of anilines is 1. The van der Waals surface area contributed by atoms with Crippen molar-refractivity contribution in [2.45, 2.75) is 25.3 Å². The van der Waals surface area contributed by atoms with Crippen molar-refractivity contribution < 1.29 is 17.2 Å². The molecular weight excluding hydrogens is 501 g/mol. The Morgan fingerprint density at radius 1 is 1.32 bits per heavy atom. The molecule has 1 saturated carbocycles. The second kappa shape index (κ2) is 9.10. The number of nitrogens with zero attached hydrogens (tertiary/aromatic N) is 2. The van der Waals surface area contributed by atoms with Crippen molar-refractivity contribution in [1.82, 2.24) is 10.6 Å². The van der Waals surface area contributed by atoms with E-state index in [9.17, 15) is 17.2 Å². The van der Waals surface area contributed by atoms with Gasteiger partial charge in [0.05, 0.1) is 5.75 Å². The van der Waals surface area contributed by atoms with E-state index in [1.165, 1.54) is 24.5 Å². The average molecular weight is 528 g/mol. The van der Waals surface area contributed by atoms with Crippen LogP contribution in [0.5, 0.6) is 0 Å². The highest BCUT2D eigenvalue weighted by atomic mass is 127. The summed E-state index contributed by atoms with van der Waals surface area (Å²) in [5.74, 6) is -0.367. The van der Waals surface area contributed by atoms with Crippen molar-refractivity contribution in [2.75, 3.05) is 43.6 Å². The van der Waals surface area contributed by atoms with Crippen LogP contribution < -0.4 is 15.5 Å².